The van der Waals surface area contributed by atoms with Gasteiger partial charge in [-0.25, -0.2) is 8.42 Å². The third kappa shape index (κ3) is 3.82. The number of benzene rings is 1. The second kappa shape index (κ2) is 5.66. The highest BCUT2D eigenvalue weighted by Crippen LogP contribution is 2.32. The molecule has 0 aliphatic heterocycles. The van der Waals surface area contributed by atoms with Crippen LogP contribution in [0.25, 0.3) is 0 Å². The lowest BCUT2D eigenvalue weighted by molar-refractivity contribution is 0.479. The highest BCUT2D eigenvalue weighted by atomic mass is 79.9. The Kier molecular flexibility index (Phi) is 4.35. The van der Waals surface area contributed by atoms with Gasteiger partial charge in [0.05, 0.1) is 16.1 Å². The highest BCUT2D eigenvalue weighted by molar-refractivity contribution is 9.10. The van der Waals surface area contributed by atoms with Crippen molar-refractivity contribution in [3.05, 3.63) is 46.2 Å². The van der Waals surface area contributed by atoms with E-state index in [0.29, 0.717) is 11.5 Å². The molecule has 0 fully saturated rings. The Morgan fingerprint density at radius 3 is 2.53 bits per heavy atom. The monoisotopic (exact) mass is 381 g/mol. The van der Waals surface area contributed by atoms with E-state index in [1.807, 2.05) is 0 Å². The standard InChI is InChI=1S/C11H6BrCl2NO3S/c12-7-3-8(6-15-5-7)18-11-2-1-9(4-10(11)13)19(14,16)17/h1-6H. The first kappa shape index (κ1) is 14.6. The molecule has 1 aromatic heterocycles. The van der Waals surface area contributed by atoms with Gasteiger partial charge in [-0.3, -0.25) is 4.98 Å². The zero-order chi connectivity index (χ0) is 14.0. The van der Waals surface area contributed by atoms with Crippen LogP contribution in [0.15, 0.2) is 46.0 Å². The van der Waals surface area contributed by atoms with Gasteiger partial charge in [-0.2, -0.15) is 0 Å². The number of pyridine rings is 1. The maximum atomic E-state index is 11.1. The van der Waals surface area contributed by atoms with E-state index in [1.165, 1.54) is 24.4 Å². The SMILES string of the molecule is O=S(=O)(Cl)c1ccc(Oc2cncc(Br)c2)c(Cl)c1. The number of halogens is 3. The largest absolute Gasteiger partial charge is 0.454 e. The first-order valence-electron chi connectivity index (χ1n) is 4.89. The van der Waals surface area contributed by atoms with Crippen LogP contribution >= 0.6 is 38.2 Å². The number of nitrogens with zero attached hydrogens (tertiary/aromatic N) is 1. The van der Waals surface area contributed by atoms with Gasteiger partial charge < -0.3 is 4.74 Å². The Hall–Kier alpha value is -0.820. The number of ether oxygens (including phenoxy) is 1. The molecule has 0 N–H and O–H groups in total. The molecule has 100 valence electrons. The Morgan fingerprint density at radius 2 is 1.95 bits per heavy atom. The summed E-state index contributed by atoms with van der Waals surface area (Å²) >= 11 is 9.20. The molecule has 8 heteroatoms. The fourth-order valence-corrected chi connectivity index (χ4v) is 2.70. The molecule has 0 bridgehead atoms. The minimum atomic E-state index is -3.81. The van der Waals surface area contributed by atoms with Crippen LogP contribution in [0.4, 0.5) is 0 Å². The van der Waals surface area contributed by atoms with Crippen molar-refractivity contribution in [2.45, 2.75) is 4.90 Å². The van der Waals surface area contributed by atoms with Crippen molar-refractivity contribution in [3.8, 4) is 11.5 Å². The molecule has 0 spiro atoms. The van der Waals surface area contributed by atoms with Crippen molar-refractivity contribution in [1.82, 2.24) is 4.98 Å². The summed E-state index contributed by atoms with van der Waals surface area (Å²) in [5, 5.41) is 0.140. The second-order valence-electron chi connectivity index (χ2n) is 3.47. The van der Waals surface area contributed by atoms with Crippen molar-refractivity contribution < 1.29 is 13.2 Å². The van der Waals surface area contributed by atoms with Gasteiger partial charge >= 0.3 is 0 Å². The smallest absolute Gasteiger partial charge is 0.261 e. The normalized spacial score (nSPS) is 11.3. The van der Waals surface area contributed by atoms with E-state index in [2.05, 4.69) is 20.9 Å². The average molecular weight is 383 g/mol. The summed E-state index contributed by atoms with van der Waals surface area (Å²) in [4.78, 5) is 3.85. The molecule has 0 atom stereocenters. The fraction of sp³-hybridized carbons (Fsp3) is 0. The molecule has 0 aliphatic rings. The molecule has 0 aliphatic carbocycles. The molecule has 0 saturated carbocycles. The van der Waals surface area contributed by atoms with Gasteiger partial charge in [-0.05, 0) is 40.2 Å². The van der Waals surface area contributed by atoms with E-state index in [-0.39, 0.29) is 9.92 Å². The van der Waals surface area contributed by atoms with E-state index in [9.17, 15) is 8.42 Å². The molecular weight excluding hydrogens is 377 g/mol. The van der Waals surface area contributed by atoms with Crippen molar-refractivity contribution >= 4 is 47.3 Å². The van der Waals surface area contributed by atoms with Gasteiger partial charge in [0.2, 0.25) is 0 Å². The van der Waals surface area contributed by atoms with Gasteiger partial charge in [0, 0.05) is 21.4 Å². The summed E-state index contributed by atoms with van der Waals surface area (Å²) in [7, 11) is 1.41. The van der Waals surface area contributed by atoms with Crippen LogP contribution in [-0.4, -0.2) is 13.4 Å². The molecule has 0 saturated heterocycles. The number of rotatable bonds is 3. The summed E-state index contributed by atoms with van der Waals surface area (Å²) in [6.45, 7) is 0. The van der Waals surface area contributed by atoms with Crippen LogP contribution in [0.1, 0.15) is 0 Å². The summed E-state index contributed by atoms with van der Waals surface area (Å²) in [6.07, 6.45) is 3.12. The molecule has 0 unspecified atom stereocenters. The van der Waals surface area contributed by atoms with Gasteiger partial charge in [0.25, 0.3) is 9.05 Å². The molecular formula is C11H6BrCl2NO3S. The predicted molar refractivity (Wildman–Crippen MR) is 76.5 cm³/mol. The van der Waals surface area contributed by atoms with Crippen molar-refractivity contribution in [3.63, 3.8) is 0 Å². The molecule has 0 radical (unpaired) electrons. The number of hydrogen-bond donors (Lipinski definition) is 0. The van der Waals surface area contributed by atoms with Crippen LogP contribution in [0.5, 0.6) is 11.5 Å². The molecule has 19 heavy (non-hydrogen) atoms. The molecule has 4 nitrogen and oxygen atoms in total. The first-order valence-corrected chi connectivity index (χ1v) is 8.37. The lowest BCUT2D eigenvalue weighted by atomic mass is 10.3. The van der Waals surface area contributed by atoms with Crippen LogP contribution in [-0.2, 0) is 9.05 Å². The second-order valence-corrected chi connectivity index (χ2v) is 7.36. The summed E-state index contributed by atoms with van der Waals surface area (Å²) in [5.41, 5.74) is 0. The van der Waals surface area contributed by atoms with E-state index >= 15 is 0 Å². The van der Waals surface area contributed by atoms with Crippen LogP contribution in [0.2, 0.25) is 5.02 Å². The van der Waals surface area contributed by atoms with E-state index in [4.69, 9.17) is 27.0 Å². The molecule has 2 aromatic rings. The van der Waals surface area contributed by atoms with Crippen LogP contribution in [0, 0.1) is 0 Å². The summed E-state index contributed by atoms with van der Waals surface area (Å²) in [6, 6.07) is 5.67. The quantitative estimate of drug-likeness (QED) is 0.745. The predicted octanol–water partition coefficient (Wildman–Crippen LogP) is 4.22. The third-order valence-corrected chi connectivity index (χ3v) is 4.17. The van der Waals surface area contributed by atoms with Crippen LogP contribution < -0.4 is 4.74 Å². The van der Waals surface area contributed by atoms with Gasteiger partial charge in [-0.1, -0.05) is 11.6 Å². The van der Waals surface area contributed by atoms with Gasteiger partial charge in [0.15, 0.2) is 0 Å². The highest BCUT2D eigenvalue weighted by Gasteiger charge is 2.13. The summed E-state index contributed by atoms with van der Waals surface area (Å²) in [5.74, 6) is 0.781. The number of hydrogen-bond acceptors (Lipinski definition) is 4. The van der Waals surface area contributed by atoms with E-state index in [0.717, 1.165) is 4.47 Å². The van der Waals surface area contributed by atoms with E-state index < -0.39 is 9.05 Å². The summed E-state index contributed by atoms with van der Waals surface area (Å²) < 4.78 is 28.5. The minimum absolute atomic E-state index is 0.0844. The number of aromatic nitrogens is 1. The van der Waals surface area contributed by atoms with Crippen molar-refractivity contribution in [1.29, 1.82) is 0 Å². The topological polar surface area (TPSA) is 56.3 Å². The van der Waals surface area contributed by atoms with Gasteiger partial charge in [-0.15, -0.1) is 0 Å². The molecule has 1 aromatic carbocycles. The third-order valence-electron chi connectivity index (χ3n) is 2.09. The Labute approximate surface area is 127 Å². The zero-order valence-corrected chi connectivity index (χ0v) is 13.1. The lowest BCUT2D eigenvalue weighted by Gasteiger charge is -2.08. The maximum Gasteiger partial charge on any atom is 0.261 e. The average Bonchev–Trinajstić information content (AvgIpc) is 2.30. The Morgan fingerprint density at radius 1 is 1.21 bits per heavy atom. The van der Waals surface area contributed by atoms with Crippen molar-refractivity contribution in [2.75, 3.05) is 0 Å². The lowest BCUT2D eigenvalue weighted by Crippen LogP contribution is -1.92. The minimum Gasteiger partial charge on any atom is -0.454 e. The van der Waals surface area contributed by atoms with E-state index in [1.54, 1.807) is 12.3 Å². The zero-order valence-electron chi connectivity index (χ0n) is 9.18. The maximum absolute atomic E-state index is 11.1. The molecule has 1 heterocycles. The molecule has 0 amide bonds. The fourth-order valence-electron chi connectivity index (χ4n) is 1.29. The van der Waals surface area contributed by atoms with Crippen molar-refractivity contribution in [2.24, 2.45) is 0 Å². The molecule has 2 rings (SSSR count). The van der Waals surface area contributed by atoms with Crippen LogP contribution in [0.3, 0.4) is 0 Å². The van der Waals surface area contributed by atoms with Gasteiger partial charge in [0.1, 0.15) is 11.5 Å². The Balaban J connectivity index is 2.32. The Bertz CT molecular complexity index is 722. The first-order chi connectivity index (χ1) is 8.86.